The fourth-order valence-electron chi connectivity index (χ4n) is 2.45. The molecule has 0 bridgehead atoms. The topological polar surface area (TPSA) is 49.8 Å². The van der Waals surface area contributed by atoms with Crippen molar-refractivity contribution in [2.24, 2.45) is 0 Å². The van der Waals surface area contributed by atoms with Gasteiger partial charge in [0.2, 0.25) is 0 Å². The van der Waals surface area contributed by atoms with Crippen molar-refractivity contribution >= 4 is 5.97 Å². The Hall–Kier alpha value is -1.62. The summed E-state index contributed by atoms with van der Waals surface area (Å²) < 4.78 is 18.7. The minimum atomic E-state index is -0.790. The molecule has 0 aromatic heterocycles. The fourth-order valence-corrected chi connectivity index (χ4v) is 2.45. The van der Waals surface area contributed by atoms with Crippen LogP contribution >= 0.6 is 0 Å². The van der Waals surface area contributed by atoms with Crippen LogP contribution < -0.4 is 4.74 Å². The summed E-state index contributed by atoms with van der Waals surface area (Å²) in [6, 6.07) is 5.21. The maximum absolute atomic E-state index is 13.8. The van der Waals surface area contributed by atoms with Crippen molar-refractivity contribution in [3.63, 3.8) is 0 Å². The normalized spacial score (nSPS) is 12.7. The fraction of sp³-hybridized carbons (Fsp3) is 0.562. The van der Waals surface area contributed by atoms with Crippen molar-refractivity contribution in [2.75, 3.05) is 13.7 Å². The number of rotatable bonds is 8. The van der Waals surface area contributed by atoms with Gasteiger partial charge in [0.05, 0.1) is 7.11 Å². The van der Waals surface area contributed by atoms with Crippen LogP contribution in [0.3, 0.4) is 0 Å². The van der Waals surface area contributed by atoms with E-state index < -0.39 is 5.97 Å². The van der Waals surface area contributed by atoms with Gasteiger partial charge in [-0.2, -0.15) is 0 Å². The summed E-state index contributed by atoms with van der Waals surface area (Å²) in [4.78, 5) is 12.8. The van der Waals surface area contributed by atoms with E-state index in [4.69, 9.17) is 9.84 Å². The standard InChI is InChI=1S/C16H24FNO3/c1-11(2)18(9-5-6-16(19)20)12(3)13-7-8-15(21-4)14(17)10-13/h7-8,10-12H,5-6,9H2,1-4H3,(H,19,20). The van der Waals surface area contributed by atoms with Gasteiger partial charge < -0.3 is 9.84 Å². The third-order valence-electron chi connectivity index (χ3n) is 3.63. The molecule has 0 radical (unpaired) electrons. The number of aliphatic carboxylic acids is 1. The van der Waals surface area contributed by atoms with Crippen LogP contribution in [0.15, 0.2) is 18.2 Å². The maximum Gasteiger partial charge on any atom is 0.303 e. The molecule has 0 aliphatic carbocycles. The Morgan fingerprint density at radius 3 is 2.52 bits per heavy atom. The van der Waals surface area contributed by atoms with Gasteiger partial charge in [-0.25, -0.2) is 4.39 Å². The van der Waals surface area contributed by atoms with Gasteiger partial charge in [-0.05, 0) is 51.4 Å². The van der Waals surface area contributed by atoms with Gasteiger partial charge in [-0.1, -0.05) is 6.07 Å². The number of halogens is 1. The average molecular weight is 297 g/mol. The van der Waals surface area contributed by atoms with Gasteiger partial charge in [0, 0.05) is 18.5 Å². The number of carbonyl (C=O) groups is 1. The van der Waals surface area contributed by atoms with E-state index in [-0.39, 0.29) is 30.1 Å². The lowest BCUT2D eigenvalue weighted by atomic mass is 10.0. The van der Waals surface area contributed by atoms with Crippen LogP contribution in [0.2, 0.25) is 0 Å². The van der Waals surface area contributed by atoms with E-state index in [1.54, 1.807) is 6.07 Å². The minimum Gasteiger partial charge on any atom is -0.494 e. The highest BCUT2D eigenvalue weighted by Gasteiger charge is 2.20. The molecule has 0 saturated heterocycles. The largest absolute Gasteiger partial charge is 0.494 e. The number of methoxy groups -OCH3 is 1. The zero-order valence-corrected chi connectivity index (χ0v) is 13.1. The highest BCUT2D eigenvalue weighted by molar-refractivity contribution is 5.66. The van der Waals surface area contributed by atoms with Crippen LogP contribution in [0.25, 0.3) is 0 Å². The van der Waals surface area contributed by atoms with E-state index in [1.807, 2.05) is 13.0 Å². The van der Waals surface area contributed by atoms with Crippen molar-refractivity contribution in [3.8, 4) is 5.75 Å². The molecule has 0 aliphatic rings. The first-order valence-electron chi connectivity index (χ1n) is 7.17. The van der Waals surface area contributed by atoms with Crippen molar-refractivity contribution in [3.05, 3.63) is 29.6 Å². The molecule has 1 aromatic carbocycles. The second-order valence-corrected chi connectivity index (χ2v) is 5.40. The van der Waals surface area contributed by atoms with E-state index in [0.29, 0.717) is 13.0 Å². The molecule has 0 heterocycles. The monoisotopic (exact) mass is 297 g/mol. The number of carboxylic acids is 1. The summed E-state index contributed by atoms with van der Waals surface area (Å²) in [6.45, 7) is 6.77. The zero-order valence-electron chi connectivity index (χ0n) is 13.1. The molecule has 118 valence electrons. The lowest BCUT2D eigenvalue weighted by Crippen LogP contribution is -2.34. The van der Waals surface area contributed by atoms with E-state index in [9.17, 15) is 9.18 Å². The number of nitrogens with zero attached hydrogens (tertiary/aromatic N) is 1. The van der Waals surface area contributed by atoms with Crippen LogP contribution in [-0.4, -0.2) is 35.7 Å². The highest BCUT2D eigenvalue weighted by Crippen LogP contribution is 2.27. The summed E-state index contributed by atoms with van der Waals surface area (Å²) in [5, 5.41) is 8.73. The van der Waals surface area contributed by atoms with E-state index in [1.165, 1.54) is 13.2 Å². The molecule has 0 saturated carbocycles. The average Bonchev–Trinajstić information content (AvgIpc) is 2.42. The van der Waals surface area contributed by atoms with Crippen molar-refractivity contribution in [1.29, 1.82) is 0 Å². The van der Waals surface area contributed by atoms with E-state index >= 15 is 0 Å². The quantitative estimate of drug-likeness (QED) is 0.798. The zero-order chi connectivity index (χ0) is 16.0. The molecular formula is C16H24FNO3. The van der Waals surface area contributed by atoms with Crippen molar-refractivity contribution in [2.45, 2.75) is 45.7 Å². The molecule has 0 spiro atoms. The molecule has 0 fully saturated rings. The first-order chi connectivity index (χ1) is 9.86. The van der Waals surface area contributed by atoms with E-state index in [0.717, 1.165) is 5.56 Å². The molecule has 21 heavy (non-hydrogen) atoms. The number of hydrogen-bond acceptors (Lipinski definition) is 3. The summed E-state index contributed by atoms with van der Waals surface area (Å²) in [7, 11) is 1.44. The molecule has 1 aromatic rings. The molecule has 1 rings (SSSR count). The molecule has 1 unspecified atom stereocenters. The molecule has 1 atom stereocenters. The van der Waals surface area contributed by atoms with Gasteiger partial charge >= 0.3 is 5.97 Å². The summed E-state index contributed by atoms with van der Waals surface area (Å²) in [5.41, 5.74) is 0.859. The summed E-state index contributed by atoms with van der Waals surface area (Å²) in [5.74, 6) is -0.939. The van der Waals surface area contributed by atoms with Crippen LogP contribution in [0.5, 0.6) is 5.75 Å². The number of carboxylic acid groups (broad SMARTS) is 1. The smallest absolute Gasteiger partial charge is 0.303 e. The molecule has 0 amide bonds. The Kier molecular flexibility index (Phi) is 6.62. The Balaban J connectivity index is 2.82. The molecule has 1 N–H and O–H groups in total. The first kappa shape index (κ1) is 17.4. The Bertz CT molecular complexity index is 477. The summed E-state index contributed by atoms with van der Waals surface area (Å²) >= 11 is 0. The second-order valence-electron chi connectivity index (χ2n) is 5.40. The minimum absolute atomic E-state index is 0.0131. The first-order valence-corrected chi connectivity index (χ1v) is 7.17. The second kappa shape index (κ2) is 7.98. The van der Waals surface area contributed by atoms with Gasteiger partial charge in [-0.3, -0.25) is 9.69 Å². The number of benzene rings is 1. The predicted molar refractivity (Wildman–Crippen MR) is 80.1 cm³/mol. The third-order valence-corrected chi connectivity index (χ3v) is 3.63. The third kappa shape index (κ3) is 5.01. The Morgan fingerprint density at radius 2 is 2.05 bits per heavy atom. The van der Waals surface area contributed by atoms with Crippen LogP contribution in [0.1, 0.15) is 45.2 Å². The van der Waals surface area contributed by atoms with Crippen LogP contribution in [-0.2, 0) is 4.79 Å². The van der Waals surface area contributed by atoms with Gasteiger partial charge in [0.1, 0.15) is 0 Å². The Morgan fingerprint density at radius 1 is 1.38 bits per heavy atom. The summed E-state index contributed by atoms with van der Waals surface area (Å²) in [6.07, 6.45) is 0.726. The van der Waals surface area contributed by atoms with Crippen molar-refractivity contribution < 1.29 is 19.0 Å². The molecule has 4 nitrogen and oxygen atoms in total. The lowest BCUT2D eigenvalue weighted by molar-refractivity contribution is -0.137. The highest BCUT2D eigenvalue weighted by atomic mass is 19.1. The molecule has 5 heteroatoms. The van der Waals surface area contributed by atoms with Gasteiger partial charge in [0.25, 0.3) is 0 Å². The predicted octanol–water partition coefficient (Wildman–Crippen LogP) is 3.47. The maximum atomic E-state index is 13.8. The Labute approximate surface area is 125 Å². The van der Waals surface area contributed by atoms with Gasteiger partial charge in [-0.15, -0.1) is 0 Å². The van der Waals surface area contributed by atoms with Crippen molar-refractivity contribution in [1.82, 2.24) is 4.90 Å². The molecule has 0 aliphatic heterocycles. The van der Waals surface area contributed by atoms with Gasteiger partial charge in [0.15, 0.2) is 11.6 Å². The molecular weight excluding hydrogens is 273 g/mol. The number of hydrogen-bond donors (Lipinski definition) is 1. The van der Waals surface area contributed by atoms with E-state index in [2.05, 4.69) is 18.7 Å². The lowest BCUT2D eigenvalue weighted by Gasteiger charge is -2.33. The van der Waals surface area contributed by atoms with Crippen LogP contribution in [0.4, 0.5) is 4.39 Å². The SMILES string of the molecule is COc1ccc(C(C)N(CCCC(=O)O)C(C)C)cc1F. The number of ether oxygens (including phenoxy) is 1. The van der Waals surface area contributed by atoms with Crippen LogP contribution in [0, 0.1) is 5.82 Å².